The molecule has 4 nitrogen and oxygen atoms in total. The molecule has 1 aromatic carbocycles. The molecule has 1 aromatic heterocycles. The van der Waals surface area contributed by atoms with Crippen LogP contribution in [-0.4, -0.2) is 43.2 Å². The fraction of sp³-hybridized carbons (Fsp3) is 0.542. The number of hydrogen-bond donors (Lipinski definition) is 0. The van der Waals surface area contributed by atoms with Gasteiger partial charge in [-0.15, -0.1) is 0 Å². The molecule has 0 amide bonds. The standard InChI is InChI=1S/C24H33N3O/c1-3-4-21-16-25-11-7-24(21)27-13-8-19(9-14-27)18-28-23-6-5-20-10-12-26(2)17-22(20)15-23/h5-7,11,15-16,19H,3-4,8-10,12-14,17-18H2,1-2H3. The lowest BCUT2D eigenvalue weighted by molar-refractivity contribution is 0.222. The molecule has 150 valence electrons. The summed E-state index contributed by atoms with van der Waals surface area (Å²) in [5.74, 6) is 1.68. The lowest BCUT2D eigenvalue weighted by Gasteiger charge is -2.34. The summed E-state index contributed by atoms with van der Waals surface area (Å²) in [5.41, 5.74) is 5.69. The highest BCUT2D eigenvalue weighted by atomic mass is 16.5. The Hall–Kier alpha value is -2.07. The van der Waals surface area contributed by atoms with E-state index in [4.69, 9.17) is 4.74 Å². The minimum absolute atomic E-state index is 0.645. The van der Waals surface area contributed by atoms with Crippen LogP contribution in [-0.2, 0) is 19.4 Å². The summed E-state index contributed by atoms with van der Waals surface area (Å²) >= 11 is 0. The summed E-state index contributed by atoms with van der Waals surface area (Å²) in [4.78, 5) is 9.24. The minimum Gasteiger partial charge on any atom is -0.493 e. The number of fused-ring (bicyclic) bond motifs is 1. The zero-order valence-electron chi connectivity index (χ0n) is 17.4. The van der Waals surface area contributed by atoms with Crippen molar-refractivity contribution in [2.45, 2.75) is 45.6 Å². The van der Waals surface area contributed by atoms with Crippen molar-refractivity contribution in [1.82, 2.24) is 9.88 Å². The number of anilines is 1. The molecule has 0 aliphatic carbocycles. The second-order valence-corrected chi connectivity index (χ2v) is 8.41. The van der Waals surface area contributed by atoms with Crippen LogP contribution in [0.1, 0.15) is 42.9 Å². The van der Waals surface area contributed by atoms with Crippen LogP contribution >= 0.6 is 0 Å². The molecule has 1 saturated heterocycles. The van der Waals surface area contributed by atoms with E-state index >= 15 is 0 Å². The molecule has 0 unspecified atom stereocenters. The Kier molecular flexibility index (Phi) is 6.16. The third kappa shape index (κ3) is 4.49. The van der Waals surface area contributed by atoms with Gasteiger partial charge < -0.3 is 14.5 Å². The zero-order chi connectivity index (χ0) is 19.3. The first-order chi connectivity index (χ1) is 13.7. The number of likely N-dealkylation sites (N-methyl/N-ethyl adjacent to an activating group) is 1. The summed E-state index contributed by atoms with van der Waals surface area (Å²) in [6.45, 7) is 7.49. The van der Waals surface area contributed by atoms with Gasteiger partial charge in [0.05, 0.1) is 6.61 Å². The normalized spacial score (nSPS) is 18.1. The van der Waals surface area contributed by atoms with Gasteiger partial charge in [0, 0.05) is 44.3 Å². The molecule has 1 fully saturated rings. The van der Waals surface area contributed by atoms with Crippen LogP contribution in [0.2, 0.25) is 0 Å². The molecule has 2 aliphatic heterocycles. The molecule has 2 aliphatic rings. The van der Waals surface area contributed by atoms with Crippen molar-refractivity contribution in [3.63, 3.8) is 0 Å². The summed E-state index contributed by atoms with van der Waals surface area (Å²) < 4.78 is 6.20. The Morgan fingerprint density at radius 3 is 2.79 bits per heavy atom. The number of benzene rings is 1. The van der Waals surface area contributed by atoms with Gasteiger partial charge in [0.25, 0.3) is 0 Å². The molecule has 0 spiro atoms. The number of ether oxygens (including phenoxy) is 1. The highest BCUT2D eigenvalue weighted by Gasteiger charge is 2.22. The number of piperidine rings is 1. The molecule has 4 heteroatoms. The molecular formula is C24H33N3O. The molecule has 4 rings (SSSR count). The number of aryl methyl sites for hydroxylation is 1. The van der Waals surface area contributed by atoms with Gasteiger partial charge >= 0.3 is 0 Å². The van der Waals surface area contributed by atoms with Gasteiger partial charge in [0.15, 0.2) is 0 Å². The Labute approximate surface area is 169 Å². The molecular weight excluding hydrogens is 346 g/mol. The summed E-state index contributed by atoms with van der Waals surface area (Å²) in [6.07, 6.45) is 9.79. The maximum atomic E-state index is 6.20. The van der Waals surface area contributed by atoms with Crippen molar-refractivity contribution >= 4 is 5.69 Å². The Morgan fingerprint density at radius 2 is 1.96 bits per heavy atom. The fourth-order valence-corrected chi connectivity index (χ4v) is 4.51. The van der Waals surface area contributed by atoms with Crippen molar-refractivity contribution in [3.05, 3.63) is 53.3 Å². The maximum Gasteiger partial charge on any atom is 0.119 e. The van der Waals surface area contributed by atoms with Crippen LogP contribution in [0.5, 0.6) is 5.75 Å². The van der Waals surface area contributed by atoms with Gasteiger partial charge in [-0.2, -0.15) is 0 Å². The van der Waals surface area contributed by atoms with E-state index in [1.54, 1.807) is 0 Å². The second-order valence-electron chi connectivity index (χ2n) is 8.41. The number of hydrogen-bond acceptors (Lipinski definition) is 4. The first-order valence-electron chi connectivity index (χ1n) is 10.8. The van der Waals surface area contributed by atoms with Crippen molar-refractivity contribution in [3.8, 4) is 5.75 Å². The second kappa shape index (κ2) is 8.95. The zero-order valence-corrected chi connectivity index (χ0v) is 17.4. The van der Waals surface area contributed by atoms with Crippen LogP contribution in [0.4, 0.5) is 5.69 Å². The van der Waals surface area contributed by atoms with Gasteiger partial charge in [-0.25, -0.2) is 0 Å². The topological polar surface area (TPSA) is 28.6 Å². The molecule has 0 N–H and O–H groups in total. The largest absolute Gasteiger partial charge is 0.493 e. The van der Waals surface area contributed by atoms with E-state index in [1.165, 1.54) is 41.6 Å². The molecule has 0 radical (unpaired) electrons. The van der Waals surface area contributed by atoms with Crippen LogP contribution < -0.4 is 9.64 Å². The summed E-state index contributed by atoms with van der Waals surface area (Å²) in [5, 5.41) is 0. The molecule has 2 aromatic rings. The van der Waals surface area contributed by atoms with Crippen LogP contribution in [0.15, 0.2) is 36.7 Å². The smallest absolute Gasteiger partial charge is 0.119 e. The van der Waals surface area contributed by atoms with E-state index in [-0.39, 0.29) is 0 Å². The van der Waals surface area contributed by atoms with Crippen molar-refractivity contribution < 1.29 is 4.74 Å². The van der Waals surface area contributed by atoms with Gasteiger partial charge in [-0.05, 0) is 73.5 Å². The minimum atomic E-state index is 0.645. The lowest BCUT2D eigenvalue weighted by Crippen LogP contribution is -2.36. The van der Waals surface area contributed by atoms with E-state index in [9.17, 15) is 0 Å². The highest BCUT2D eigenvalue weighted by Crippen LogP contribution is 2.28. The van der Waals surface area contributed by atoms with Crippen molar-refractivity contribution in [1.29, 1.82) is 0 Å². The van der Waals surface area contributed by atoms with Crippen LogP contribution in [0.25, 0.3) is 0 Å². The van der Waals surface area contributed by atoms with Gasteiger partial charge in [-0.1, -0.05) is 19.4 Å². The van der Waals surface area contributed by atoms with Crippen molar-refractivity contribution in [2.24, 2.45) is 5.92 Å². The Morgan fingerprint density at radius 1 is 1.11 bits per heavy atom. The lowest BCUT2D eigenvalue weighted by atomic mass is 9.96. The van der Waals surface area contributed by atoms with Gasteiger partial charge in [-0.3, -0.25) is 4.98 Å². The van der Waals surface area contributed by atoms with E-state index in [2.05, 4.69) is 53.0 Å². The SMILES string of the molecule is CCCc1cnccc1N1CCC(COc2ccc3c(c2)CN(C)CC3)CC1. The number of rotatable bonds is 6. The maximum absolute atomic E-state index is 6.20. The number of pyridine rings is 1. The third-order valence-corrected chi connectivity index (χ3v) is 6.22. The first kappa shape index (κ1) is 19.3. The molecule has 0 bridgehead atoms. The molecule has 0 saturated carbocycles. The van der Waals surface area contributed by atoms with Gasteiger partial charge in [0.2, 0.25) is 0 Å². The van der Waals surface area contributed by atoms with Crippen LogP contribution in [0, 0.1) is 5.92 Å². The van der Waals surface area contributed by atoms with E-state index < -0.39 is 0 Å². The van der Waals surface area contributed by atoms with Gasteiger partial charge in [0.1, 0.15) is 5.75 Å². The summed E-state index contributed by atoms with van der Waals surface area (Å²) in [7, 11) is 2.19. The van der Waals surface area contributed by atoms with E-state index in [1.807, 2.05) is 12.4 Å². The van der Waals surface area contributed by atoms with Crippen molar-refractivity contribution in [2.75, 3.05) is 38.2 Å². The average molecular weight is 380 g/mol. The third-order valence-electron chi connectivity index (χ3n) is 6.22. The van der Waals surface area contributed by atoms with Crippen LogP contribution in [0.3, 0.4) is 0 Å². The molecule has 28 heavy (non-hydrogen) atoms. The monoisotopic (exact) mass is 379 g/mol. The van der Waals surface area contributed by atoms with E-state index in [0.717, 1.165) is 51.4 Å². The predicted molar refractivity (Wildman–Crippen MR) is 115 cm³/mol. The Bertz CT molecular complexity index is 783. The number of aromatic nitrogens is 1. The predicted octanol–water partition coefficient (Wildman–Crippen LogP) is 4.32. The highest BCUT2D eigenvalue weighted by molar-refractivity contribution is 5.52. The molecule has 3 heterocycles. The fourth-order valence-electron chi connectivity index (χ4n) is 4.51. The number of nitrogens with zero attached hydrogens (tertiary/aromatic N) is 3. The summed E-state index contributed by atoms with van der Waals surface area (Å²) in [6, 6.07) is 8.87. The first-order valence-corrected chi connectivity index (χ1v) is 10.8. The Balaban J connectivity index is 1.30. The average Bonchev–Trinajstić information content (AvgIpc) is 2.73. The molecule has 0 atom stereocenters. The quantitative estimate of drug-likeness (QED) is 0.747. The van der Waals surface area contributed by atoms with E-state index in [0.29, 0.717) is 5.92 Å².